The van der Waals surface area contributed by atoms with Crippen LogP contribution in [0.4, 0.5) is 5.69 Å². The summed E-state index contributed by atoms with van der Waals surface area (Å²) in [7, 11) is 1.62. The van der Waals surface area contributed by atoms with Gasteiger partial charge < -0.3 is 15.4 Å². The second-order valence-corrected chi connectivity index (χ2v) is 5.19. The molecule has 4 nitrogen and oxygen atoms in total. The van der Waals surface area contributed by atoms with Crippen molar-refractivity contribution in [1.82, 2.24) is 5.32 Å². The zero-order chi connectivity index (χ0) is 13.0. The molecule has 0 bridgehead atoms. The number of benzene rings is 1. The monoisotopic (exact) mass is 248 g/mol. The predicted molar refractivity (Wildman–Crippen MR) is 71.8 cm³/mol. The number of hydrogen-bond donors (Lipinski definition) is 2. The predicted octanol–water partition coefficient (Wildman–Crippen LogP) is 2.02. The molecule has 2 N–H and O–H groups in total. The molecular formula is C14H20N2O2. The summed E-state index contributed by atoms with van der Waals surface area (Å²) in [6.07, 6.45) is 2.53. The summed E-state index contributed by atoms with van der Waals surface area (Å²) in [4.78, 5) is 11.7. The number of anilines is 1. The standard InChI is InChI=1S/C14H20N2O2/c1-14(7-8-14)10-15-9-13(17)16-11-3-5-12(18-2)6-4-11/h3-6,15H,7-10H2,1-2H3,(H,16,17). The number of methoxy groups -OCH3 is 1. The van der Waals surface area contributed by atoms with Gasteiger partial charge in [-0.1, -0.05) is 6.92 Å². The zero-order valence-electron chi connectivity index (χ0n) is 11.0. The molecule has 1 aromatic carbocycles. The van der Waals surface area contributed by atoms with E-state index in [4.69, 9.17) is 4.74 Å². The van der Waals surface area contributed by atoms with E-state index in [0.29, 0.717) is 12.0 Å². The van der Waals surface area contributed by atoms with E-state index in [1.807, 2.05) is 24.3 Å². The Morgan fingerprint density at radius 3 is 2.56 bits per heavy atom. The van der Waals surface area contributed by atoms with Gasteiger partial charge in [0.2, 0.25) is 5.91 Å². The maximum absolute atomic E-state index is 11.7. The molecular weight excluding hydrogens is 228 g/mol. The molecule has 0 unspecified atom stereocenters. The molecule has 18 heavy (non-hydrogen) atoms. The molecule has 0 spiro atoms. The van der Waals surface area contributed by atoms with Crippen molar-refractivity contribution in [3.05, 3.63) is 24.3 Å². The molecule has 1 aliphatic carbocycles. The van der Waals surface area contributed by atoms with Gasteiger partial charge in [-0.2, -0.15) is 0 Å². The molecule has 4 heteroatoms. The maximum atomic E-state index is 11.7. The highest BCUT2D eigenvalue weighted by Gasteiger charge is 2.36. The summed E-state index contributed by atoms with van der Waals surface area (Å²) in [5, 5.41) is 6.04. The first-order valence-corrected chi connectivity index (χ1v) is 6.26. The molecule has 0 aromatic heterocycles. The van der Waals surface area contributed by atoms with E-state index in [2.05, 4.69) is 17.6 Å². The Hall–Kier alpha value is -1.55. The number of rotatable bonds is 6. The van der Waals surface area contributed by atoms with E-state index in [1.165, 1.54) is 12.8 Å². The van der Waals surface area contributed by atoms with Crippen LogP contribution < -0.4 is 15.4 Å². The minimum absolute atomic E-state index is 0.00980. The Morgan fingerprint density at radius 2 is 2.00 bits per heavy atom. The minimum Gasteiger partial charge on any atom is -0.497 e. The number of carbonyl (C=O) groups is 1. The number of nitrogens with one attached hydrogen (secondary N) is 2. The van der Waals surface area contributed by atoms with Gasteiger partial charge in [-0.25, -0.2) is 0 Å². The number of ether oxygens (including phenoxy) is 1. The lowest BCUT2D eigenvalue weighted by atomic mass is 10.1. The van der Waals surface area contributed by atoms with Crippen LogP contribution in [0.1, 0.15) is 19.8 Å². The molecule has 0 heterocycles. The molecule has 0 atom stereocenters. The lowest BCUT2D eigenvalue weighted by molar-refractivity contribution is -0.115. The highest BCUT2D eigenvalue weighted by molar-refractivity contribution is 5.92. The fraction of sp³-hybridized carbons (Fsp3) is 0.500. The van der Waals surface area contributed by atoms with Gasteiger partial charge in [0.05, 0.1) is 13.7 Å². The molecule has 1 aliphatic rings. The van der Waals surface area contributed by atoms with Crippen LogP contribution >= 0.6 is 0 Å². The molecule has 1 amide bonds. The van der Waals surface area contributed by atoms with E-state index >= 15 is 0 Å². The lowest BCUT2D eigenvalue weighted by Crippen LogP contribution is -2.31. The van der Waals surface area contributed by atoms with Gasteiger partial charge in [-0.15, -0.1) is 0 Å². The summed E-state index contributed by atoms with van der Waals surface area (Å²) in [5.41, 5.74) is 1.22. The third kappa shape index (κ3) is 3.74. The molecule has 0 radical (unpaired) electrons. The molecule has 2 rings (SSSR count). The Bertz CT molecular complexity index is 410. The van der Waals surface area contributed by atoms with E-state index in [1.54, 1.807) is 7.11 Å². The topological polar surface area (TPSA) is 50.4 Å². The van der Waals surface area contributed by atoms with E-state index in [0.717, 1.165) is 18.0 Å². The second kappa shape index (κ2) is 5.40. The van der Waals surface area contributed by atoms with Crippen LogP contribution in [0.15, 0.2) is 24.3 Å². The summed E-state index contributed by atoms with van der Waals surface area (Å²) >= 11 is 0. The van der Waals surface area contributed by atoms with Crippen LogP contribution in [-0.2, 0) is 4.79 Å². The third-order valence-electron chi connectivity index (χ3n) is 3.31. The van der Waals surface area contributed by atoms with Gasteiger partial charge in [0, 0.05) is 12.2 Å². The number of amides is 1. The smallest absolute Gasteiger partial charge is 0.238 e. The van der Waals surface area contributed by atoms with Gasteiger partial charge in [-0.3, -0.25) is 4.79 Å². The van der Waals surface area contributed by atoms with E-state index in [9.17, 15) is 4.79 Å². The van der Waals surface area contributed by atoms with E-state index < -0.39 is 0 Å². The van der Waals surface area contributed by atoms with Gasteiger partial charge in [0.15, 0.2) is 0 Å². The summed E-state index contributed by atoms with van der Waals surface area (Å²) in [6, 6.07) is 7.32. The van der Waals surface area contributed by atoms with Gasteiger partial charge in [-0.05, 0) is 42.5 Å². The van der Waals surface area contributed by atoms with Crippen LogP contribution in [0.2, 0.25) is 0 Å². The lowest BCUT2D eigenvalue weighted by Gasteiger charge is -2.10. The average molecular weight is 248 g/mol. The van der Waals surface area contributed by atoms with Crippen molar-refractivity contribution in [2.24, 2.45) is 5.41 Å². The maximum Gasteiger partial charge on any atom is 0.238 e. The normalized spacial score (nSPS) is 16.1. The van der Waals surface area contributed by atoms with Crippen molar-refractivity contribution in [3.63, 3.8) is 0 Å². The summed E-state index contributed by atoms with van der Waals surface area (Å²) in [5.74, 6) is 0.775. The fourth-order valence-corrected chi connectivity index (χ4v) is 1.75. The Balaban J connectivity index is 1.72. The Kier molecular flexibility index (Phi) is 3.87. The zero-order valence-corrected chi connectivity index (χ0v) is 11.0. The first-order valence-electron chi connectivity index (χ1n) is 6.26. The van der Waals surface area contributed by atoms with Crippen LogP contribution in [-0.4, -0.2) is 26.1 Å². The van der Waals surface area contributed by atoms with Crippen LogP contribution in [0.3, 0.4) is 0 Å². The Labute approximate surface area is 108 Å². The molecule has 1 aromatic rings. The largest absolute Gasteiger partial charge is 0.497 e. The molecule has 1 saturated carbocycles. The first kappa shape index (κ1) is 12.9. The fourth-order valence-electron chi connectivity index (χ4n) is 1.75. The minimum atomic E-state index is -0.00980. The molecule has 1 fully saturated rings. The average Bonchev–Trinajstić information content (AvgIpc) is 3.08. The molecule has 0 aliphatic heterocycles. The van der Waals surface area contributed by atoms with Crippen LogP contribution in [0.5, 0.6) is 5.75 Å². The number of hydrogen-bond acceptors (Lipinski definition) is 3. The SMILES string of the molecule is COc1ccc(NC(=O)CNCC2(C)CC2)cc1. The van der Waals surface area contributed by atoms with Gasteiger partial charge in [0.25, 0.3) is 0 Å². The quantitative estimate of drug-likeness (QED) is 0.810. The number of carbonyl (C=O) groups excluding carboxylic acids is 1. The first-order chi connectivity index (χ1) is 8.61. The van der Waals surface area contributed by atoms with Crippen molar-refractivity contribution < 1.29 is 9.53 Å². The highest BCUT2D eigenvalue weighted by Crippen LogP contribution is 2.43. The summed E-state index contributed by atoms with van der Waals surface area (Å²) in [6.45, 7) is 3.52. The Morgan fingerprint density at radius 1 is 1.33 bits per heavy atom. The second-order valence-electron chi connectivity index (χ2n) is 5.19. The van der Waals surface area contributed by atoms with Crippen LogP contribution in [0.25, 0.3) is 0 Å². The van der Waals surface area contributed by atoms with Crippen molar-refractivity contribution >= 4 is 11.6 Å². The third-order valence-corrected chi connectivity index (χ3v) is 3.31. The van der Waals surface area contributed by atoms with Crippen LogP contribution in [0, 0.1) is 5.41 Å². The van der Waals surface area contributed by atoms with Crippen molar-refractivity contribution in [2.45, 2.75) is 19.8 Å². The van der Waals surface area contributed by atoms with E-state index in [-0.39, 0.29) is 5.91 Å². The van der Waals surface area contributed by atoms with Gasteiger partial charge >= 0.3 is 0 Å². The molecule has 0 saturated heterocycles. The molecule has 98 valence electrons. The van der Waals surface area contributed by atoms with Crippen molar-refractivity contribution in [2.75, 3.05) is 25.5 Å². The highest BCUT2D eigenvalue weighted by atomic mass is 16.5. The summed E-state index contributed by atoms with van der Waals surface area (Å²) < 4.78 is 5.06. The van der Waals surface area contributed by atoms with Crippen molar-refractivity contribution in [1.29, 1.82) is 0 Å². The van der Waals surface area contributed by atoms with Crippen molar-refractivity contribution in [3.8, 4) is 5.75 Å². The van der Waals surface area contributed by atoms with Gasteiger partial charge in [0.1, 0.15) is 5.75 Å².